The predicted molar refractivity (Wildman–Crippen MR) is 51.0 cm³/mol. The summed E-state index contributed by atoms with van der Waals surface area (Å²) in [6.07, 6.45) is 6.79. The lowest BCUT2D eigenvalue weighted by atomic mass is 10.3. The van der Waals surface area contributed by atoms with Gasteiger partial charge in [-0.3, -0.25) is 4.98 Å². The second-order valence-corrected chi connectivity index (χ2v) is 3.35. The molecule has 0 aromatic carbocycles. The van der Waals surface area contributed by atoms with Crippen LogP contribution in [0.1, 0.15) is 5.56 Å². The number of hydrogen-bond acceptors (Lipinski definition) is 4. The molecule has 0 aliphatic rings. The van der Waals surface area contributed by atoms with Gasteiger partial charge in [0.05, 0.1) is 0 Å². The molecule has 0 saturated carbocycles. The highest BCUT2D eigenvalue weighted by Gasteiger charge is 1.94. The molecule has 0 spiro atoms. The quantitative estimate of drug-likeness (QED) is 0.736. The molecule has 0 aliphatic heterocycles. The van der Waals surface area contributed by atoms with Crippen molar-refractivity contribution in [1.29, 1.82) is 0 Å². The van der Waals surface area contributed by atoms with Crippen molar-refractivity contribution < 1.29 is 0 Å². The number of aromatic nitrogens is 4. The minimum atomic E-state index is 0.881. The Kier molecular flexibility index (Phi) is 2.56. The third-order valence-corrected chi connectivity index (χ3v) is 2.43. The van der Waals surface area contributed by atoms with Gasteiger partial charge < -0.3 is 0 Å². The summed E-state index contributed by atoms with van der Waals surface area (Å²) < 4.78 is 1.74. The minimum Gasteiger partial charge on any atom is -0.265 e. The van der Waals surface area contributed by atoms with Crippen molar-refractivity contribution >= 4 is 11.9 Å². The van der Waals surface area contributed by atoms with Crippen molar-refractivity contribution in [3.05, 3.63) is 42.7 Å². The maximum Gasteiger partial charge on any atom is 0.138 e. The average molecular weight is 192 g/mol. The molecule has 0 aliphatic carbocycles. The van der Waals surface area contributed by atoms with E-state index in [4.69, 9.17) is 0 Å². The molecule has 0 amide bonds. The highest BCUT2D eigenvalue weighted by Crippen LogP contribution is 2.11. The van der Waals surface area contributed by atoms with Gasteiger partial charge in [-0.1, -0.05) is 0 Å². The van der Waals surface area contributed by atoms with Crippen LogP contribution in [0, 0.1) is 0 Å². The summed E-state index contributed by atoms with van der Waals surface area (Å²) in [6, 6.07) is 3.98. The second-order valence-electron chi connectivity index (χ2n) is 2.43. The van der Waals surface area contributed by atoms with Crippen LogP contribution in [0.2, 0.25) is 0 Å². The Bertz CT molecular complexity index is 346. The van der Waals surface area contributed by atoms with Crippen LogP contribution in [0.15, 0.2) is 37.2 Å². The van der Waals surface area contributed by atoms with Gasteiger partial charge in [-0.05, 0) is 29.6 Å². The Balaban J connectivity index is 1.94. The first kappa shape index (κ1) is 8.25. The summed E-state index contributed by atoms with van der Waals surface area (Å²) in [4.78, 5) is 7.80. The first-order chi connectivity index (χ1) is 6.45. The number of hydrogen-bond donors (Lipinski definition) is 0. The highest BCUT2D eigenvalue weighted by molar-refractivity contribution is 7.96. The number of rotatable bonds is 3. The summed E-state index contributed by atoms with van der Waals surface area (Å²) in [5.74, 6) is 0.881. The Labute approximate surface area is 80.2 Å². The van der Waals surface area contributed by atoms with Crippen molar-refractivity contribution in [1.82, 2.24) is 19.2 Å². The summed E-state index contributed by atoms with van der Waals surface area (Å²) in [5, 5.41) is 3.98. The van der Waals surface area contributed by atoms with Crippen LogP contribution in [0.25, 0.3) is 0 Å². The van der Waals surface area contributed by atoms with Gasteiger partial charge in [-0.25, -0.2) is 4.98 Å². The van der Waals surface area contributed by atoms with E-state index in [9.17, 15) is 0 Å². The fraction of sp³-hybridized carbons (Fsp3) is 0.125. The van der Waals surface area contributed by atoms with E-state index in [-0.39, 0.29) is 0 Å². The molecule has 2 rings (SSSR count). The molecule has 5 heteroatoms. The van der Waals surface area contributed by atoms with E-state index in [0.29, 0.717) is 0 Å². The third kappa shape index (κ3) is 2.29. The van der Waals surface area contributed by atoms with E-state index in [1.807, 2.05) is 12.1 Å². The van der Waals surface area contributed by atoms with Crippen LogP contribution in [0.5, 0.6) is 0 Å². The SMILES string of the molecule is c1cc(CSn2cncn2)ccn1. The van der Waals surface area contributed by atoms with Gasteiger partial charge in [0.2, 0.25) is 0 Å². The average Bonchev–Trinajstić information content (AvgIpc) is 2.69. The van der Waals surface area contributed by atoms with E-state index in [1.165, 1.54) is 11.9 Å². The smallest absolute Gasteiger partial charge is 0.138 e. The van der Waals surface area contributed by atoms with Gasteiger partial charge in [-0.15, -0.1) is 5.10 Å². The zero-order valence-corrected chi connectivity index (χ0v) is 7.68. The van der Waals surface area contributed by atoms with E-state index in [1.54, 1.807) is 34.8 Å². The first-order valence-corrected chi connectivity index (χ1v) is 4.76. The van der Waals surface area contributed by atoms with E-state index < -0.39 is 0 Å². The first-order valence-electron chi connectivity index (χ1n) is 3.82. The molecule has 0 fully saturated rings. The van der Waals surface area contributed by atoms with Gasteiger partial charge in [0.25, 0.3) is 0 Å². The highest BCUT2D eigenvalue weighted by atomic mass is 32.2. The van der Waals surface area contributed by atoms with Gasteiger partial charge in [0.1, 0.15) is 12.7 Å². The number of pyridine rings is 1. The fourth-order valence-corrected chi connectivity index (χ4v) is 1.59. The lowest BCUT2D eigenvalue weighted by molar-refractivity contribution is 1.01. The molecule has 2 heterocycles. The molecule has 0 atom stereocenters. The summed E-state index contributed by atoms with van der Waals surface area (Å²) in [6.45, 7) is 0. The van der Waals surface area contributed by atoms with Crippen LogP contribution in [-0.2, 0) is 5.75 Å². The van der Waals surface area contributed by atoms with Crippen molar-refractivity contribution in [3.8, 4) is 0 Å². The van der Waals surface area contributed by atoms with Crippen LogP contribution >= 0.6 is 11.9 Å². The molecule has 13 heavy (non-hydrogen) atoms. The third-order valence-electron chi connectivity index (χ3n) is 1.51. The van der Waals surface area contributed by atoms with Crippen LogP contribution in [0.3, 0.4) is 0 Å². The Morgan fingerprint density at radius 3 is 2.77 bits per heavy atom. The summed E-state index contributed by atoms with van der Waals surface area (Å²) >= 11 is 1.60. The van der Waals surface area contributed by atoms with E-state index in [0.717, 1.165) is 5.75 Å². The lowest BCUT2D eigenvalue weighted by Gasteiger charge is -1.98. The number of nitrogens with zero attached hydrogens (tertiary/aromatic N) is 4. The van der Waals surface area contributed by atoms with Gasteiger partial charge >= 0.3 is 0 Å². The normalized spacial score (nSPS) is 10.2. The molecule has 2 aromatic heterocycles. The fourth-order valence-electron chi connectivity index (χ4n) is 0.884. The van der Waals surface area contributed by atoms with Crippen molar-refractivity contribution in [2.45, 2.75) is 5.75 Å². The standard InChI is InChI=1S/C8H8N4S/c1-3-9-4-2-8(1)5-13-12-7-10-6-11-12/h1-4,6-7H,5H2. The van der Waals surface area contributed by atoms with Gasteiger partial charge in [0.15, 0.2) is 0 Å². The van der Waals surface area contributed by atoms with E-state index >= 15 is 0 Å². The lowest BCUT2D eigenvalue weighted by Crippen LogP contribution is -1.88. The van der Waals surface area contributed by atoms with Crippen molar-refractivity contribution in [2.24, 2.45) is 0 Å². The van der Waals surface area contributed by atoms with Crippen molar-refractivity contribution in [2.75, 3.05) is 0 Å². The van der Waals surface area contributed by atoms with Crippen LogP contribution in [0.4, 0.5) is 0 Å². The molecule has 2 aromatic rings. The monoisotopic (exact) mass is 192 g/mol. The molecular formula is C8H8N4S. The molecular weight excluding hydrogens is 184 g/mol. The predicted octanol–water partition coefficient (Wildman–Crippen LogP) is 1.37. The molecule has 0 N–H and O–H groups in total. The Hall–Kier alpha value is -1.36. The second kappa shape index (κ2) is 4.04. The Morgan fingerprint density at radius 1 is 1.23 bits per heavy atom. The van der Waals surface area contributed by atoms with E-state index in [2.05, 4.69) is 15.1 Å². The van der Waals surface area contributed by atoms with Crippen molar-refractivity contribution in [3.63, 3.8) is 0 Å². The molecule has 66 valence electrons. The van der Waals surface area contributed by atoms with Crippen LogP contribution < -0.4 is 0 Å². The van der Waals surface area contributed by atoms with Gasteiger partial charge in [0, 0.05) is 18.1 Å². The molecule has 4 nitrogen and oxygen atoms in total. The maximum atomic E-state index is 3.98. The Morgan fingerprint density at radius 2 is 2.08 bits per heavy atom. The van der Waals surface area contributed by atoms with Gasteiger partial charge in [-0.2, -0.15) is 4.09 Å². The van der Waals surface area contributed by atoms with Crippen LogP contribution in [-0.4, -0.2) is 19.2 Å². The topological polar surface area (TPSA) is 43.6 Å². The molecule has 0 unspecified atom stereocenters. The minimum absolute atomic E-state index is 0.881. The molecule has 0 bridgehead atoms. The largest absolute Gasteiger partial charge is 0.265 e. The zero-order chi connectivity index (χ0) is 8.93. The molecule has 0 radical (unpaired) electrons. The maximum absolute atomic E-state index is 3.98. The molecule has 0 saturated heterocycles. The zero-order valence-electron chi connectivity index (χ0n) is 6.87. The summed E-state index contributed by atoms with van der Waals surface area (Å²) in [7, 11) is 0. The summed E-state index contributed by atoms with van der Waals surface area (Å²) in [5.41, 5.74) is 1.23.